The molecule has 1 N–H and O–H groups in total. The number of carbonyl (C=O) groups excluding carboxylic acids is 1. The molecule has 0 spiro atoms. The molecule has 0 aliphatic heterocycles. The van der Waals surface area contributed by atoms with Crippen LogP contribution in [0.25, 0.3) is 0 Å². The predicted molar refractivity (Wildman–Crippen MR) is 147 cm³/mol. The van der Waals surface area contributed by atoms with E-state index in [1.165, 1.54) is 89.9 Å². The van der Waals surface area contributed by atoms with Crippen molar-refractivity contribution in [1.82, 2.24) is 10.2 Å². The molecule has 6 heteroatoms. The second-order valence-corrected chi connectivity index (χ2v) is 10.8. The Balaban J connectivity index is -0.000000643. The Morgan fingerprint density at radius 1 is 0.667 bits per heavy atom. The van der Waals surface area contributed by atoms with Gasteiger partial charge in [0, 0.05) is 19.4 Å². The van der Waals surface area contributed by atoms with Gasteiger partial charge in [-0.1, -0.05) is 96.8 Å². The molecule has 0 bridgehead atoms. The van der Waals surface area contributed by atoms with Gasteiger partial charge in [-0.05, 0) is 27.6 Å². The van der Waals surface area contributed by atoms with Crippen molar-refractivity contribution in [1.29, 1.82) is 0 Å². The maximum Gasteiger partial charge on any atom is 0.219 e. The molecule has 0 fully saturated rings. The molecule has 0 aliphatic carbocycles. The molecule has 0 saturated heterocycles. The van der Waals surface area contributed by atoms with Crippen molar-refractivity contribution in [3.8, 4) is 0 Å². The second-order valence-electron chi connectivity index (χ2n) is 10.8. The number of nitrogens with one attached hydrogen (secondary N) is 1. The van der Waals surface area contributed by atoms with Gasteiger partial charge in [0.1, 0.15) is 0 Å². The van der Waals surface area contributed by atoms with Gasteiger partial charge in [0.25, 0.3) is 0 Å². The third kappa shape index (κ3) is 46.1. The number of carbonyl (C=O) groups is 1. The number of hydrogen-bond donors (Lipinski definition) is 1. The van der Waals surface area contributed by atoms with Crippen LogP contribution < -0.4 is 17.7 Å². The highest BCUT2D eigenvalue weighted by molar-refractivity contribution is 5.85. The van der Waals surface area contributed by atoms with E-state index in [0.717, 1.165) is 30.4 Å². The van der Waals surface area contributed by atoms with Crippen LogP contribution in [0, 0.1) is 0 Å². The molecule has 33 heavy (non-hydrogen) atoms. The Morgan fingerprint density at radius 3 is 1.33 bits per heavy atom. The number of nitrogens with zero attached hydrogens (tertiary/aromatic N) is 2. The second kappa shape index (κ2) is 30.0. The quantitative estimate of drug-likeness (QED) is 0.196. The number of amides is 1. The van der Waals surface area contributed by atoms with Crippen molar-refractivity contribution in [2.45, 2.75) is 116 Å². The fourth-order valence-electron chi connectivity index (χ4n) is 3.53. The van der Waals surface area contributed by atoms with Crippen LogP contribution >= 0.6 is 12.4 Å². The lowest BCUT2D eigenvalue weighted by Gasteiger charge is -2.23. The smallest absolute Gasteiger partial charge is 0.219 e. The fraction of sp³-hybridized carbons (Fsp3) is 0.963. The van der Waals surface area contributed by atoms with Crippen LogP contribution in [0.15, 0.2) is 0 Å². The summed E-state index contributed by atoms with van der Waals surface area (Å²) < 4.78 is 0.967. The summed E-state index contributed by atoms with van der Waals surface area (Å²) in [5.74, 6) is 0.242. The zero-order valence-corrected chi connectivity index (χ0v) is 25.1. The van der Waals surface area contributed by atoms with Crippen molar-refractivity contribution in [2.75, 3.05) is 55.4 Å². The molecule has 0 saturated carbocycles. The number of quaternary nitrogens is 1. The van der Waals surface area contributed by atoms with E-state index in [4.69, 9.17) is 0 Å². The molecule has 0 aliphatic rings. The summed E-state index contributed by atoms with van der Waals surface area (Å²) >= 11 is 0. The van der Waals surface area contributed by atoms with Crippen LogP contribution in [0.3, 0.4) is 0 Å². The van der Waals surface area contributed by atoms with E-state index in [1.54, 1.807) is 0 Å². The van der Waals surface area contributed by atoms with E-state index >= 15 is 0 Å². The molecule has 0 aromatic heterocycles. The number of unbranched alkanes of at least 4 members (excludes halogenated alkanes) is 14. The van der Waals surface area contributed by atoms with Gasteiger partial charge in [0.2, 0.25) is 5.91 Å². The average Bonchev–Trinajstić information content (AvgIpc) is 2.67. The van der Waals surface area contributed by atoms with Crippen molar-refractivity contribution in [2.24, 2.45) is 0 Å². The monoisotopic (exact) mass is 513 g/mol. The lowest BCUT2D eigenvalue weighted by atomic mass is 10.0. The van der Waals surface area contributed by atoms with Crippen LogP contribution in [-0.4, -0.2) is 70.7 Å². The Labute approximate surface area is 221 Å². The lowest BCUT2D eigenvalue weighted by Crippen LogP contribution is -3.00. The summed E-state index contributed by atoms with van der Waals surface area (Å²) in [7, 11) is 12.6. The van der Waals surface area contributed by atoms with E-state index in [1.807, 2.05) is 26.0 Å². The molecule has 1 amide bonds. The molecule has 204 valence electrons. The van der Waals surface area contributed by atoms with Gasteiger partial charge in [-0.3, -0.25) is 4.79 Å². The van der Waals surface area contributed by atoms with Gasteiger partial charge < -0.3 is 27.1 Å². The molecular weight excluding hydrogens is 453 g/mol. The first-order chi connectivity index (χ1) is 14.7. The van der Waals surface area contributed by atoms with Gasteiger partial charge in [-0.25, -0.2) is 0 Å². The minimum absolute atomic E-state index is 0. The normalized spacial score (nSPS) is 10.7. The van der Waals surface area contributed by atoms with Gasteiger partial charge in [0.15, 0.2) is 0 Å². The summed E-state index contributed by atoms with van der Waals surface area (Å²) in [5, 5.41) is 3.06. The minimum Gasteiger partial charge on any atom is -1.00 e. The SMILES string of the molecule is CCCCCCCCCCCCCCCCCC(=O)NCCC[N+](C)(C)C.CN(C)C.Cl.[Cl-]. The zero-order valence-electron chi connectivity index (χ0n) is 23.5. The molecule has 4 nitrogen and oxygen atoms in total. The maximum atomic E-state index is 11.8. The van der Waals surface area contributed by atoms with Crippen molar-refractivity contribution >= 4 is 18.3 Å². The Morgan fingerprint density at radius 2 is 1.00 bits per heavy atom. The van der Waals surface area contributed by atoms with E-state index in [0.29, 0.717) is 6.42 Å². The summed E-state index contributed by atoms with van der Waals surface area (Å²) in [6.07, 6.45) is 22.3. The molecule has 0 atom stereocenters. The van der Waals surface area contributed by atoms with Crippen LogP contribution in [0.2, 0.25) is 0 Å². The third-order valence-corrected chi connectivity index (χ3v) is 5.34. The first kappa shape index (κ1) is 40.2. The van der Waals surface area contributed by atoms with Crippen LogP contribution in [0.5, 0.6) is 0 Å². The number of rotatable bonds is 20. The first-order valence-corrected chi connectivity index (χ1v) is 13.4. The number of hydrogen-bond acceptors (Lipinski definition) is 2. The standard InChI is InChI=1S/C24H50N2O.C3H9N.2ClH/c1-5-6-7-8-9-10-11-12-13-14-15-16-17-18-19-21-24(27)25-22-20-23-26(2,3)4;1-4(2)3;;/h5-23H2,1-4H3;1-3H3;2*1H. The van der Waals surface area contributed by atoms with Crippen LogP contribution in [0.4, 0.5) is 0 Å². The van der Waals surface area contributed by atoms with Gasteiger partial charge >= 0.3 is 0 Å². The highest BCUT2D eigenvalue weighted by Gasteiger charge is 2.06. The van der Waals surface area contributed by atoms with Gasteiger partial charge in [0.05, 0.1) is 27.7 Å². The summed E-state index contributed by atoms with van der Waals surface area (Å²) in [5.41, 5.74) is 0. The third-order valence-electron chi connectivity index (χ3n) is 5.34. The Hall–Kier alpha value is -0.0300. The molecule has 0 aromatic carbocycles. The summed E-state index contributed by atoms with van der Waals surface area (Å²) in [6.45, 7) is 4.22. The van der Waals surface area contributed by atoms with Crippen LogP contribution in [-0.2, 0) is 4.79 Å². The van der Waals surface area contributed by atoms with E-state index in [-0.39, 0.29) is 30.7 Å². The maximum absolute atomic E-state index is 11.8. The Bertz CT molecular complexity index is 372. The molecule has 0 unspecified atom stereocenters. The van der Waals surface area contributed by atoms with Crippen molar-refractivity contribution in [3.05, 3.63) is 0 Å². The molecule has 0 aromatic rings. The molecule has 0 rings (SSSR count). The van der Waals surface area contributed by atoms with Crippen molar-refractivity contribution < 1.29 is 21.7 Å². The lowest BCUT2D eigenvalue weighted by molar-refractivity contribution is -0.870. The van der Waals surface area contributed by atoms with Gasteiger partial charge in [-0.2, -0.15) is 0 Å². The average molecular weight is 515 g/mol. The highest BCUT2D eigenvalue weighted by atomic mass is 35.5. The molecule has 0 radical (unpaired) electrons. The van der Waals surface area contributed by atoms with E-state index in [2.05, 4.69) is 33.4 Å². The zero-order chi connectivity index (χ0) is 23.8. The number of halogens is 2. The largest absolute Gasteiger partial charge is 1.00 e. The van der Waals surface area contributed by atoms with E-state index in [9.17, 15) is 4.79 Å². The fourth-order valence-corrected chi connectivity index (χ4v) is 3.53. The van der Waals surface area contributed by atoms with E-state index < -0.39 is 0 Å². The summed E-state index contributed by atoms with van der Waals surface area (Å²) in [6, 6.07) is 0. The highest BCUT2D eigenvalue weighted by Crippen LogP contribution is 2.13. The topological polar surface area (TPSA) is 32.3 Å². The minimum atomic E-state index is 0. The van der Waals surface area contributed by atoms with Crippen molar-refractivity contribution in [3.63, 3.8) is 0 Å². The van der Waals surface area contributed by atoms with Gasteiger partial charge in [-0.15, -0.1) is 12.4 Å². The Kier molecular flexibility index (Phi) is 36.5. The predicted octanol–water partition coefficient (Wildman–Crippen LogP) is 4.06. The molecular formula is C27H61Cl2N3O. The molecule has 0 heterocycles. The first-order valence-electron chi connectivity index (χ1n) is 13.4. The summed E-state index contributed by atoms with van der Waals surface area (Å²) in [4.78, 5) is 13.8. The van der Waals surface area contributed by atoms with Crippen LogP contribution in [0.1, 0.15) is 116 Å².